The summed E-state index contributed by atoms with van der Waals surface area (Å²) in [6.07, 6.45) is 11.1. The van der Waals surface area contributed by atoms with E-state index in [1.807, 2.05) is 17.8 Å². The molecule has 2 atom stereocenters. The van der Waals surface area contributed by atoms with Crippen LogP contribution < -0.4 is 5.73 Å². The number of allylic oxidation sites excluding steroid dienone is 5. The summed E-state index contributed by atoms with van der Waals surface area (Å²) in [6.45, 7) is 2.19. The zero-order valence-electron chi connectivity index (χ0n) is 7.86. The van der Waals surface area contributed by atoms with Crippen molar-refractivity contribution in [1.82, 2.24) is 0 Å². The largest absolute Gasteiger partial charge is 0.399 e. The van der Waals surface area contributed by atoms with E-state index in [-0.39, 0.29) is 0 Å². The Kier molecular flexibility index (Phi) is 2.49. The van der Waals surface area contributed by atoms with Crippen molar-refractivity contribution in [2.24, 2.45) is 11.7 Å². The molecule has 1 heterocycles. The molecule has 1 aliphatic heterocycles. The Morgan fingerprint density at radius 2 is 2.31 bits per heavy atom. The third kappa shape index (κ3) is 1.99. The standard InChI is InChI=1S/C11H15NS/c1-8-5-6-11(13-8)9-3-2-4-10(12)7-9/h2,4-5,7,9,11H,3,6,12H2,1H3. The Hall–Kier alpha value is -0.630. The summed E-state index contributed by atoms with van der Waals surface area (Å²) < 4.78 is 0. The highest BCUT2D eigenvalue weighted by molar-refractivity contribution is 8.03. The Morgan fingerprint density at radius 3 is 2.92 bits per heavy atom. The van der Waals surface area contributed by atoms with Gasteiger partial charge in [-0.3, -0.25) is 0 Å². The van der Waals surface area contributed by atoms with Crippen LogP contribution in [0.5, 0.6) is 0 Å². The van der Waals surface area contributed by atoms with E-state index in [9.17, 15) is 0 Å². The van der Waals surface area contributed by atoms with Crippen LogP contribution in [0.4, 0.5) is 0 Å². The van der Waals surface area contributed by atoms with E-state index < -0.39 is 0 Å². The minimum atomic E-state index is 0.642. The normalized spacial score (nSPS) is 33.0. The van der Waals surface area contributed by atoms with Crippen molar-refractivity contribution in [1.29, 1.82) is 0 Å². The number of hydrogen-bond acceptors (Lipinski definition) is 2. The lowest BCUT2D eigenvalue weighted by Crippen LogP contribution is -2.16. The number of nitrogens with two attached hydrogens (primary N) is 1. The molecule has 0 saturated heterocycles. The van der Waals surface area contributed by atoms with Gasteiger partial charge in [0.1, 0.15) is 0 Å². The van der Waals surface area contributed by atoms with Gasteiger partial charge in [-0.1, -0.05) is 18.2 Å². The molecule has 70 valence electrons. The van der Waals surface area contributed by atoms with E-state index in [4.69, 9.17) is 5.73 Å². The molecule has 2 N–H and O–H groups in total. The summed E-state index contributed by atoms with van der Waals surface area (Å²) in [7, 11) is 0. The molecule has 0 fully saturated rings. The molecule has 0 aromatic heterocycles. The molecule has 2 rings (SSSR count). The van der Waals surface area contributed by atoms with E-state index in [0.717, 1.165) is 17.4 Å². The van der Waals surface area contributed by atoms with Crippen molar-refractivity contribution in [2.75, 3.05) is 0 Å². The fourth-order valence-electron chi connectivity index (χ4n) is 1.87. The van der Waals surface area contributed by atoms with Crippen LogP contribution >= 0.6 is 11.8 Å². The zero-order valence-corrected chi connectivity index (χ0v) is 8.68. The van der Waals surface area contributed by atoms with Crippen LogP contribution in [0, 0.1) is 5.92 Å². The molecule has 2 aliphatic rings. The fraction of sp³-hybridized carbons (Fsp3) is 0.455. The van der Waals surface area contributed by atoms with Crippen LogP contribution in [-0.4, -0.2) is 5.25 Å². The average Bonchev–Trinajstić information content (AvgIpc) is 2.52. The second kappa shape index (κ2) is 3.62. The van der Waals surface area contributed by atoms with E-state index in [2.05, 4.69) is 25.2 Å². The average molecular weight is 193 g/mol. The first-order chi connectivity index (χ1) is 6.25. The maximum atomic E-state index is 5.78. The van der Waals surface area contributed by atoms with Gasteiger partial charge in [0.25, 0.3) is 0 Å². The van der Waals surface area contributed by atoms with Crippen molar-refractivity contribution >= 4 is 11.8 Å². The van der Waals surface area contributed by atoms with Gasteiger partial charge in [-0.25, -0.2) is 0 Å². The van der Waals surface area contributed by atoms with Gasteiger partial charge in [-0.2, -0.15) is 0 Å². The molecule has 0 saturated carbocycles. The molecule has 0 amide bonds. The van der Waals surface area contributed by atoms with Crippen LogP contribution in [0.2, 0.25) is 0 Å². The first-order valence-electron chi connectivity index (χ1n) is 4.73. The van der Waals surface area contributed by atoms with Crippen molar-refractivity contribution < 1.29 is 0 Å². The minimum absolute atomic E-state index is 0.642. The fourth-order valence-corrected chi connectivity index (χ4v) is 3.10. The van der Waals surface area contributed by atoms with Crippen LogP contribution in [0.15, 0.2) is 34.9 Å². The van der Waals surface area contributed by atoms with Gasteiger partial charge in [0.05, 0.1) is 0 Å². The van der Waals surface area contributed by atoms with E-state index in [1.165, 1.54) is 11.3 Å². The topological polar surface area (TPSA) is 26.0 Å². The Balaban J connectivity index is 2.00. The van der Waals surface area contributed by atoms with Gasteiger partial charge in [0.15, 0.2) is 0 Å². The SMILES string of the molecule is CC1=CCC(C2C=C(N)C=CC2)S1. The van der Waals surface area contributed by atoms with Gasteiger partial charge in [0, 0.05) is 10.9 Å². The van der Waals surface area contributed by atoms with Gasteiger partial charge < -0.3 is 5.73 Å². The Bertz CT molecular complexity index is 288. The van der Waals surface area contributed by atoms with Crippen LogP contribution in [0.25, 0.3) is 0 Å². The maximum Gasteiger partial charge on any atom is 0.0273 e. The van der Waals surface area contributed by atoms with E-state index >= 15 is 0 Å². The first-order valence-corrected chi connectivity index (χ1v) is 5.61. The minimum Gasteiger partial charge on any atom is -0.399 e. The lowest BCUT2D eigenvalue weighted by molar-refractivity contribution is 0.619. The Labute approximate surface area is 83.8 Å². The van der Waals surface area contributed by atoms with E-state index in [1.54, 1.807) is 0 Å². The monoisotopic (exact) mass is 193 g/mol. The summed E-state index contributed by atoms with van der Waals surface area (Å²) in [5, 5.41) is 0.725. The molecule has 2 heteroatoms. The molecule has 0 bridgehead atoms. The summed E-state index contributed by atoms with van der Waals surface area (Å²) in [4.78, 5) is 1.46. The van der Waals surface area contributed by atoms with Crippen molar-refractivity contribution in [3.63, 3.8) is 0 Å². The predicted molar refractivity (Wildman–Crippen MR) is 59.3 cm³/mol. The second-order valence-electron chi connectivity index (χ2n) is 3.68. The molecule has 0 radical (unpaired) electrons. The van der Waals surface area contributed by atoms with E-state index in [0.29, 0.717) is 5.92 Å². The number of hydrogen-bond donors (Lipinski definition) is 1. The summed E-state index contributed by atoms with van der Waals surface area (Å²) >= 11 is 2.00. The quantitative estimate of drug-likeness (QED) is 0.693. The van der Waals surface area contributed by atoms with Crippen molar-refractivity contribution in [2.45, 2.75) is 25.0 Å². The molecule has 0 aromatic carbocycles. The molecule has 2 unspecified atom stereocenters. The predicted octanol–water partition coefficient (Wildman–Crippen LogP) is 2.81. The highest BCUT2D eigenvalue weighted by Gasteiger charge is 2.23. The summed E-state index contributed by atoms with van der Waals surface area (Å²) in [6, 6.07) is 0. The highest BCUT2D eigenvalue weighted by Crippen LogP contribution is 2.39. The Morgan fingerprint density at radius 1 is 1.46 bits per heavy atom. The van der Waals surface area contributed by atoms with Gasteiger partial charge in [-0.15, -0.1) is 11.8 Å². The molecule has 13 heavy (non-hydrogen) atoms. The molecule has 0 spiro atoms. The molecule has 0 aromatic rings. The van der Waals surface area contributed by atoms with Crippen LogP contribution in [-0.2, 0) is 0 Å². The smallest absolute Gasteiger partial charge is 0.0273 e. The first kappa shape index (κ1) is 8.95. The molecular formula is C11H15NS. The van der Waals surface area contributed by atoms with Gasteiger partial charge >= 0.3 is 0 Å². The highest BCUT2D eigenvalue weighted by atomic mass is 32.2. The lowest BCUT2D eigenvalue weighted by atomic mass is 9.94. The number of rotatable bonds is 1. The van der Waals surface area contributed by atoms with Crippen LogP contribution in [0.3, 0.4) is 0 Å². The zero-order chi connectivity index (χ0) is 9.26. The van der Waals surface area contributed by atoms with Crippen molar-refractivity contribution in [3.05, 3.63) is 34.9 Å². The third-order valence-corrected chi connectivity index (χ3v) is 3.96. The molecule has 1 nitrogen and oxygen atoms in total. The van der Waals surface area contributed by atoms with Crippen LogP contribution in [0.1, 0.15) is 19.8 Å². The van der Waals surface area contributed by atoms with Gasteiger partial charge in [0.2, 0.25) is 0 Å². The third-order valence-electron chi connectivity index (χ3n) is 2.58. The second-order valence-corrected chi connectivity index (χ2v) is 5.16. The summed E-state index contributed by atoms with van der Waals surface area (Å²) in [5.41, 5.74) is 6.71. The van der Waals surface area contributed by atoms with Crippen molar-refractivity contribution in [3.8, 4) is 0 Å². The maximum absolute atomic E-state index is 5.78. The number of thioether (sulfide) groups is 1. The molecule has 1 aliphatic carbocycles. The van der Waals surface area contributed by atoms with Gasteiger partial charge in [-0.05, 0) is 36.7 Å². The lowest BCUT2D eigenvalue weighted by Gasteiger charge is -2.21. The summed E-state index contributed by atoms with van der Waals surface area (Å²) in [5.74, 6) is 0.642. The molecular weight excluding hydrogens is 178 g/mol.